The molecule has 6 heteroatoms. The molecule has 3 N–H and O–H groups in total. The van der Waals surface area contributed by atoms with Gasteiger partial charge in [-0.15, -0.1) is 11.8 Å². The maximum Gasteiger partial charge on any atom is 0.338 e. The number of nitrogens with two attached hydrogens (primary N) is 1. The van der Waals surface area contributed by atoms with Gasteiger partial charge in [-0.3, -0.25) is 0 Å². The van der Waals surface area contributed by atoms with Gasteiger partial charge in [0.15, 0.2) is 5.60 Å². The van der Waals surface area contributed by atoms with Gasteiger partial charge in [-0.05, 0) is 19.1 Å². The van der Waals surface area contributed by atoms with Crippen molar-refractivity contribution in [2.75, 3.05) is 18.6 Å². The standard InChI is InChI=1S/C10H14N2O3S/c1-10(14,9(13)15-2)6-16-8-7(11)4-3-5-12-8/h3-5,14H,6,11H2,1-2H3. The summed E-state index contributed by atoms with van der Waals surface area (Å²) in [5.74, 6) is -0.532. The van der Waals surface area contributed by atoms with Crippen molar-refractivity contribution in [3.05, 3.63) is 18.3 Å². The summed E-state index contributed by atoms with van der Waals surface area (Å²) in [4.78, 5) is 15.2. The topological polar surface area (TPSA) is 85.4 Å². The summed E-state index contributed by atoms with van der Waals surface area (Å²) in [6, 6.07) is 3.43. The zero-order valence-corrected chi connectivity index (χ0v) is 9.95. The first-order valence-corrected chi connectivity index (χ1v) is 5.60. The fourth-order valence-corrected chi connectivity index (χ4v) is 1.92. The number of hydrogen-bond acceptors (Lipinski definition) is 6. The molecule has 0 saturated heterocycles. The Hall–Kier alpha value is -1.27. The number of carbonyl (C=O) groups is 1. The van der Waals surface area contributed by atoms with Crippen LogP contribution in [0, 0.1) is 0 Å². The maximum absolute atomic E-state index is 11.2. The molecule has 88 valence electrons. The molecule has 0 bridgehead atoms. The molecule has 0 aromatic carbocycles. The molecule has 0 aliphatic heterocycles. The summed E-state index contributed by atoms with van der Waals surface area (Å²) >= 11 is 1.21. The smallest absolute Gasteiger partial charge is 0.338 e. The molecule has 5 nitrogen and oxygen atoms in total. The molecule has 0 fully saturated rings. The van der Waals surface area contributed by atoms with Gasteiger partial charge in [0.25, 0.3) is 0 Å². The lowest BCUT2D eigenvalue weighted by Crippen LogP contribution is -2.38. The third kappa shape index (κ3) is 3.11. The second kappa shape index (κ2) is 5.18. The molecule has 0 spiro atoms. The lowest BCUT2D eigenvalue weighted by atomic mass is 10.1. The van der Waals surface area contributed by atoms with Crippen LogP contribution >= 0.6 is 11.8 Å². The molecule has 0 aliphatic carbocycles. The Morgan fingerprint density at radius 1 is 1.75 bits per heavy atom. The van der Waals surface area contributed by atoms with E-state index in [1.54, 1.807) is 18.3 Å². The summed E-state index contributed by atoms with van der Waals surface area (Å²) in [7, 11) is 1.23. The van der Waals surface area contributed by atoms with Crippen molar-refractivity contribution < 1.29 is 14.6 Å². The van der Waals surface area contributed by atoms with Crippen molar-refractivity contribution in [3.8, 4) is 0 Å². The molecule has 0 radical (unpaired) electrons. The fourth-order valence-electron chi connectivity index (χ4n) is 1.01. The van der Waals surface area contributed by atoms with Gasteiger partial charge in [-0.25, -0.2) is 9.78 Å². The van der Waals surface area contributed by atoms with Gasteiger partial charge in [0.05, 0.1) is 12.8 Å². The summed E-state index contributed by atoms with van der Waals surface area (Å²) in [6.07, 6.45) is 1.60. The van der Waals surface area contributed by atoms with E-state index in [0.29, 0.717) is 10.7 Å². The van der Waals surface area contributed by atoms with Crippen LogP contribution in [0.3, 0.4) is 0 Å². The average molecular weight is 242 g/mol. The lowest BCUT2D eigenvalue weighted by Gasteiger charge is -2.19. The highest BCUT2D eigenvalue weighted by Gasteiger charge is 2.31. The number of anilines is 1. The first-order chi connectivity index (χ1) is 7.47. The molecule has 16 heavy (non-hydrogen) atoms. The third-order valence-electron chi connectivity index (χ3n) is 1.92. The summed E-state index contributed by atoms with van der Waals surface area (Å²) in [5.41, 5.74) is 4.66. The van der Waals surface area contributed by atoms with Gasteiger partial charge < -0.3 is 15.6 Å². The number of aromatic nitrogens is 1. The molecule has 1 heterocycles. The van der Waals surface area contributed by atoms with E-state index in [0.717, 1.165) is 0 Å². The van der Waals surface area contributed by atoms with Crippen molar-refractivity contribution in [3.63, 3.8) is 0 Å². The number of pyridine rings is 1. The number of carbonyl (C=O) groups excluding carboxylic acids is 1. The van der Waals surface area contributed by atoms with E-state index < -0.39 is 11.6 Å². The van der Waals surface area contributed by atoms with Crippen molar-refractivity contribution in [1.29, 1.82) is 0 Å². The zero-order valence-electron chi connectivity index (χ0n) is 9.14. The number of nitrogens with zero attached hydrogens (tertiary/aromatic N) is 1. The average Bonchev–Trinajstić information content (AvgIpc) is 2.27. The molecular formula is C10H14N2O3S. The second-order valence-corrected chi connectivity index (χ2v) is 4.42. The van der Waals surface area contributed by atoms with E-state index in [-0.39, 0.29) is 5.75 Å². The van der Waals surface area contributed by atoms with Gasteiger partial charge in [0, 0.05) is 11.9 Å². The monoisotopic (exact) mass is 242 g/mol. The van der Waals surface area contributed by atoms with Crippen LogP contribution in [0.25, 0.3) is 0 Å². The van der Waals surface area contributed by atoms with Gasteiger partial charge in [0.2, 0.25) is 0 Å². The highest BCUT2D eigenvalue weighted by atomic mass is 32.2. The van der Waals surface area contributed by atoms with Gasteiger partial charge in [-0.1, -0.05) is 0 Å². The summed E-state index contributed by atoms with van der Waals surface area (Å²) < 4.78 is 4.48. The van der Waals surface area contributed by atoms with Crippen molar-refractivity contribution in [2.24, 2.45) is 0 Å². The van der Waals surface area contributed by atoms with Gasteiger partial charge >= 0.3 is 5.97 Å². The molecule has 0 saturated carbocycles. The molecule has 0 amide bonds. The quantitative estimate of drug-likeness (QED) is 0.596. The normalized spacial score (nSPS) is 14.2. The minimum Gasteiger partial charge on any atom is -0.467 e. The summed E-state index contributed by atoms with van der Waals surface area (Å²) in [6.45, 7) is 1.39. The predicted octanol–water partition coefficient (Wildman–Crippen LogP) is 0.680. The van der Waals surface area contributed by atoms with E-state index >= 15 is 0 Å². The number of esters is 1. The Balaban J connectivity index is 2.65. The molecule has 1 atom stereocenters. The number of thioether (sulfide) groups is 1. The number of nitrogen functional groups attached to an aromatic ring is 1. The van der Waals surface area contributed by atoms with Crippen LogP contribution in [-0.2, 0) is 9.53 Å². The Morgan fingerprint density at radius 2 is 2.44 bits per heavy atom. The van der Waals surface area contributed by atoms with Crippen molar-refractivity contribution in [2.45, 2.75) is 17.6 Å². The molecule has 1 rings (SSSR count). The van der Waals surface area contributed by atoms with Crippen molar-refractivity contribution in [1.82, 2.24) is 4.98 Å². The van der Waals surface area contributed by atoms with Crippen LogP contribution in [0.2, 0.25) is 0 Å². The van der Waals surface area contributed by atoms with Crippen LogP contribution in [0.1, 0.15) is 6.92 Å². The number of methoxy groups -OCH3 is 1. The van der Waals surface area contributed by atoms with Crippen LogP contribution in [0.15, 0.2) is 23.4 Å². The highest BCUT2D eigenvalue weighted by Crippen LogP contribution is 2.25. The Kier molecular flexibility index (Phi) is 4.14. The largest absolute Gasteiger partial charge is 0.467 e. The Bertz CT molecular complexity index is 382. The minimum atomic E-state index is -1.54. The van der Waals surface area contributed by atoms with Gasteiger partial charge in [0.1, 0.15) is 5.03 Å². The molecule has 0 aliphatic rings. The van der Waals surface area contributed by atoms with Crippen LogP contribution in [-0.4, -0.2) is 34.5 Å². The second-order valence-electron chi connectivity index (χ2n) is 3.45. The molecule has 1 aromatic rings. The fraction of sp³-hybridized carbons (Fsp3) is 0.400. The van der Waals surface area contributed by atoms with E-state index in [4.69, 9.17) is 5.73 Å². The first kappa shape index (κ1) is 12.8. The molecule has 1 aromatic heterocycles. The SMILES string of the molecule is COC(=O)C(C)(O)CSc1ncccc1N. The lowest BCUT2D eigenvalue weighted by molar-refractivity contribution is -0.158. The van der Waals surface area contributed by atoms with E-state index in [9.17, 15) is 9.90 Å². The maximum atomic E-state index is 11.2. The third-order valence-corrected chi connectivity index (χ3v) is 3.24. The first-order valence-electron chi connectivity index (χ1n) is 4.61. The van der Waals surface area contributed by atoms with Crippen LogP contribution in [0.4, 0.5) is 5.69 Å². The Labute approximate surface area is 98.0 Å². The zero-order chi connectivity index (χ0) is 12.2. The number of rotatable bonds is 4. The van der Waals surface area contributed by atoms with Crippen molar-refractivity contribution >= 4 is 23.4 Å². The highest BCUT2D eigenvalue weighted by molar-refractivity contribution is 7.99. The van der Waals surface area contributed by atoms with E-state index in [2.05, 4.69) is 9.72 Å². The summed E-state index contributed by atoms with van der Waals surface area (Å²) in [5, 5.41) is 10.4. The van der Waals surface area contributed by atoms with E-state index in [1.165, 1.54) is 25.8 Å². The van der Waals surface area contributed by atoms with Gasteiger partial charge in [-0.2, -0.15) is 0 Å². The molecular weight excluding hydrogens is 228 g/mol. The predicted molar refractivity (Wildman–Crippen MR) is 62.0 cm³/mol. The number of aliphatic hydroxyl groups is 1. The Morgan fingerprint density at radius 3 is 3.00 bits per heavy atom. The minimum absolute atomic E-state index is 0.140. The van der Waals surface area contributed by atoms with Crippen LogP contribution in [0.5, 0.6) is 0 Å². The van der Waals surface area contributed by atoms with Crippen LogP contribution < -0.4 is 5.73 Å². The number of hydrogen-bond donors (Lipinski definition) is 2. The molecule has 1 unspecified atom stereocenters. The van der Waals surface area contributed by atoms with E-state index in [1.807, 2.05) is 0 Å². The number of ether oxygens (including phenoxy) is 1.